The molecule has 16 heavy (non-hydrogen) atoms. The minimum absolute atomic E-state index is 0.292. The average Bonchev–Trinajstić information content (AvgIpc) is 2.65. The molecular weight excluding hydrogens is 226 g/mol. The largest absolute Gasteiger partial charge is 0.368 e. The van der Waals surface area contributed by atoms with Crippen molar-refractivity contribution in [1.29, 1.82) is 0 Å². The number of hydrogen-bond acceptors (Lipinski definition) is 4. The van der Waals surface area contributed by atoms with Gasteiger partial charge >= 0.3 is 0 Å². The number of primary amides is 1. The Morgan fingerprint density at radius 2 is 2.06 bits per heavy atom. The van der Waals surface area contributed by atoms with Crippen molar-refractivity contribution in [2.75, 3.05) is 0 Å². The van der Waals surface area contributed by atoms with Crippen LogP contribution in [-0.2, 0) is 4.79 Å². The summed E-state index contributed by atoms with van der Waals surface area (Å²) >= 11 is 1.43. The molecule has 0 bridgehead atoms. The zero-order valence-corrected chi connectivity index (χ0v) is 10.3. The summed E-state index contributed by atoms with van der Waals surface area (Å²) in [5.41, 5.74) is 5.38. The van der Waals surface area contributed by atoms with Gasteiger partial charge in [0.05, 0.1) is 5.01 Å². The number of carbonyl (C=O) groups is 2. The van der Waals surface area contributed by atoms with Crippen LogP contribution in [-0.4, -0.2) is 22.8 Å². The molecule has 1 rings (SSSR count). The molecule has 1 aromatic rings. The van der Waals surface area contributed by atoms with Gasteiger partial charge in [-0.3, -0.25) is 9.59 Å². The van der Waals surface area contributed by atoms with Crippen molar-refractivity contribution in [3.8, 4) is 0 Å². The quantitative estimate of drug-likeness (QED) is 0.820. The van der Waals surface area contributed by atoms with Crippen molar-refractivity contribution in [2.45, 2.75) is 32.7 Å². The highest BCUT2D eigenvalue weighted by Crippen LogP contribution is 2.18. The second kappa shape index (κ2) is 5.07. The number of rotatable bonds is 4. The third-order valence-corrected chi connectivity index (χ3v) is 3.17. The SMILES string of the molecule is CC(C)c1nc(C(=O)N[C@@H](C)C(N)=O)cs1. The Morgan fingerprint density at radius 3 is 2.50 bits per heavy atom. The molecule has 1 heterocycles. The van der Waals surface area contributed by atoms with Gasteiger partial charge in [-0.25, -0.2) is 4.98 Å². The zero-order valence-electron chi connectivity index (χ0n) is 9.48. The van der Waals surface area contributed by atoms with Crippen LogP contribution in [0, 0.1) is 0 Å². The Hall–Kier alpha value is -1.43. The molecule has 6 heteroatoms. The van der Waals surface area contributed by atoms with Crippen LogP contribution in [0.2, 0.25) is 0 Å². The second-order valence-electron chi connectivity index (χ2n) is 3.82. The maximum Gasteiger partial charge on any atom is 0.271 e. The van der Waals surface area contributed by atoms with Gasteiger partial charge in [-0.2, -0.15) is 0 Å². The smallest absolute Gasteiger partial charge is 0.271 e. The monoisotopic (exact) mass is 241 g/mol. The van der Waals surface area contributed by atoms with Crippen molar-refractivity contribution in [1.82, 2.24) is 10.3 Å². The van der Waals surface area contributed by atoms with Gasteiger partial charge in [0.2, 0.25) is 5.91 Å². The maximum absolute atomic E-state index is 11.6. The van der Waals surface area contributed by atoms with Crippen LogP contribution in [0.15, 0.2) is 5.38 Å². The van der Waals surface area contributed by atoms with E-state index in [1.165, 1.54) is 18.3 Å². The first-order chi connectivity index (χ1) is 7.41. The van der Waals surface area contributed by atoms with Crippen LogP contribution in [0.4, 0.5) is 0 Å². The molecule has 0 saturated heterocycles. The Bertz CT molecular complexity index is 401. The minimum Gasteiger partial charge on any atom is -0.368 e. The molecule has 2 amide bonds. The summed E-state index contributed by atoms with van der Waals surface area (Å²) in [4.78, 5) is 26.6. The highest BCUT2D eigenvalue weighted by Gasteiger charge is 2.16. The molecule has 5 nitrogen and oxygen atoms in total. The van der Waals surface area contributed by atoms with Crippen LogP contribution in [0.1, 0.15) is 42.2 Å². The van der Waals surface area contributed by atoms with Gasteiger partial charge in [0.1, 0.15) is 11.7 Å². The van der Waals surface area contributed by atoms with E-state index in [1.807, 2.05) is 13.8 Å². The van der Waals surface area contributed by atoms with E-state index in [0.717, 1.165) is 5.01 Å². The van der Waals surface area contributed by atoms with Crippen LogP contribution in [0.3, 0.4) is 0 Å². The zero-order chi connectivity index (χ0) is 12.3. The van der Waals surface area contributed by atoms with E-state index < -0.39 is 11.9 Å². The standard InChI is InChI=1S/C10H15N3O2S/c1-5(2)10-13-7(4-16-10)9(15)12-6(3)8(11)14/h4-6H,1-3H3,(H2,11,14)(H,12,15)/t6-/m0/s1. The topological polar surface area (TPSA) is 85.1 Å². The van der Waals surface area contributed by atoms with E-state index in [2.05, 4.69) is 10.3 Å². The van der Waals surface area contributed by atoms with Crippen LogP contribution >= 0.6 is 11.3 Å². The molecule has 0 aromatic carbocycles. The average molecular weight is 241 g/mol. The summed E-state index contributed by atoms with van der Waals surface area (Å²) in [5, 5.41) is 5.06. The summed E-state index contributed by atoms with van der Waals surface area (Å²) in [7, 11) is 0. The number of nitrogens with zero attached hydrogens (tertiary/aromatic N) is 1. The van der Waals surface area contributed by atoms with Gasteiger partial charge in [-0.1, -0.05) is 13.8 Å². The first-order valence-corrected chi connectivity index (χ1v) is 5.85. The van der Waals surface area contributed by atoms with Crippen LogP contribution in [0.25, 0.3) is 0 Å². The number of thiazole rings is 1. The van der Waals surface area contributed by atoms with Crippen molar-refractivity contribution >= 4 is 23.2 Å². The molecule has 0 aliphatic rings. The molecule has 0 aliphatic heterocycles. The highest BCUT2D eigenvalue weighted by atomic mass is 32.1. The molecule has 0 unspecified atom stereocenters. The molecule has 0 saturated carbocycles. The number of amides is 2. The predicted molar refractivity (Wildman–Crippen MR) is 62.3 cm³/mol. The van der Waals surface area contributed by atoms with Crippen LogP contribution in [0.5, 0.6) is 0 Å². The maximum atomic E-state index is 11.6. The molecule has 3 N–H and O–H groups in total. The van der Waals surface area contributed by atoms with Crippen LogP contribution < -0.4 is 11.1 Å². The summed E-state index contributed by atoms with van der Waals surface area (Å²) in [5.74, 6) is -0.637. The molecule has 0 spiro atoms. The molecule has 88 valence electrons. The third kappa shape index (κ3) is 3.03. The number of carbonyl (C=O) groups excluding carboxylic acids is 2. The van der Waals surface area contributed by atoms with Gasteiger partial charge in [0.15, 0.2) is 0 Å². The Morgan fingerprint density at radius 1 is 1.44 bits per heavy atom. The number of nitrogens with one attached hydrogen (secondary N) is 1. The van der Waals surface area contributed by atoms with Gasteiger partial charge < -0.3 is 11.1 Å². The van der Waals surface area contributed by atoms with E-state index in [4.69, 9.17) is 5.73 Å². The van der Waals surface area contributed by atoms with Crippen molar-refractivity contribution in [3.63, 3.8) is 0 Å². The molecule has 0 radical (unpaired) electrons. The first-order valence-electron chi connectivity index (χ1n) is 4.97. The fourth-order valence-electron chi connectivity index (χ4n) is 0.999. The Balaban J connectivity index is 2.70. The van der Waals surface area contributed by atoms with Gasteiger partial charge in [-0.15, -0.1) is 11.3 Å². The summed E-state index contributed by atoms with van der Waals surface area (Å²) < 4.78 is 0. The van der Waals surface area contributed by atoms with Crippen molar-refractivity contribution in [3.05, 3.63) is 16.1 Å². The van der Waals surface area contributed by atoms with Crippen molar-refractivity contribution < 1.29 is 9.59 Å². The normalized spacial score (nSPS) is 12.5. The van der Waals surface area contributed by atoms with E-state index >= 15 is 0 Å². The minimum atomic E-state index is -0.684. The van der Waals surface area contributed by atoms with Gasteiger partial charge in [0, 0.05) is 11.3 Å². The number of aromatic nitrogens is 1. The summed E-state index contributed by atoms with van der Waals surface area (Å²) in [6.45, 7) is 5.55. The number of hydrogen-bond donors (Lipinski definition) is 2. The van der Waals surface area contributed by atoms with Crippen molar-refractivity contribution in [2.24, 2.45) is 5.73 Å². The Labute approximate surface area is 98.1 Å². The lowest BCUT2D eigenvalue weighted by molar-refractivity contribution is -0.119. The summed E-state index contributed by atoms with van der Waals surface area (Å²) in [6, 6.07) is -0.684. The fourth-order valence-corrected chi connectivity index (χ4v) is 1.81. The van der Waals surface area contributed by atoms with E-state index in [1.54, 1.807) is 5.38 Å². The number of nitrogens with two attached hydrogens (primary N) is 1. The van der Waals surface area contributed by atoms with Gasteiger partial charge in [0.25, 0.3) is 5.91 Å². The highest BCUT2D eigenvalue weighted by molar-refractivity contribution is 7.09. The van der Waals surface area contributed by atoms with E-state index in [9.17, 15) is 9.59 Å². The lowest BCUT2D eigenvalue weighted by Crippen LogP contribution is -2.42. The fraction of sp³-hybridized carbons (Fsp3) is 0.500. The molecule has 1 atom stereocenters. The third-order valence-electron chi connectivity index (χ3n) is 2.02. The van der Waals surface area contributed by atoms with Gasteiger partial charge in [-0.05, 0) is 6.92 Å². The lowest BCUT2D eigenvalue weighted by atomic mass is 10.2. The predicted octanol–water partition coefficient (Wildman–Crippen LogP) is 0.870. The van der Waals surface area contributed by atoms with E-state index in [0.29, 0.717) is 11.6 Å². The molecule has 0 fully saturated rings. The van der Waals surface area contributed by atoms with E-state index in [-0.39, 0.29) is 5.91 Å². The molecule has 1 aromatic heterocycles. The molecule has 0 aliphatic carbocycles. The molecular formula is C10H15N3O2S. The first kappa shape index (κ1) is 12.6. The lowest BCUT2D eigenvalue weighted by Gasteiger charge is -2.08. The Kier molecular flexibility index (Phi) is 4.00. The summed E-state index contributed by atoms with van der Waals surface area (Å²) in [6.07, 6.45) is 0. The second-order valence-corrected chi connectivity index (χ2v) is 4.71.